The Morgan fingerprint density at radius 1 is 0.621 bits per heavy atom. The molecule has 1 spiro atoms. The minimum Gasteiger partial charge on any atom is -0.351 e. The van der Waals surface area contributed by atoms with E-state index in [0.717, 1.165) is 74.9 Å². The van der Waals surface area contributed by atoms with Gasteiger partial charge in [-0.2, -0.15) is 26.3 Å². The summed E-state index contributed by atoms with van der Waals surface area (Å²) in [5.74, 6) is -8.92. The summed E-state index contributed by atoms with van der Waals surface area (Å²) in [6.07, 6.45) is -6.08. The number of hydrogen-bond donors (Lipinski definition) is 4. The molecule has 8 atom stereocenters. The summed E-state index contributed by atoms with van der Waals surface area (Å²) in [6, 6.07) is -1.72. The van der Waals surface area contributed by atoms with Crippen molar-refractivity contribution >= 4 is 76.6 Å². The molecule has 2 aliphatic heterocycles. The fourth-order valence-corrected chi connectivity index (χ4v) is 13.2. The molecule has 0 aromatic heterocycles. The number of nitrogens with one attached hydrogen (secondary N) is 4. The van der Waals surface area contributed by atoms with Gasteiger partial charge in [-0.05, 0) is 124 Å². The number of amides is 11. The van der Waals surface area contributed by atoms with E-state index in [9.17, 15) is 74.3 Å². The molecular formula is C66H92ClF6N11O11. The van der Waals surface area contributed by atoms with Crippen molar-refractivity contribution in [2.75, 3.05) is 68.5 Å². The molecule has 6 rings (SSSR count). The van der Waals surface area contributed by atoms with Gasteiger partial charge in [-0.15, -0.1) is 0 Å². The van der Waals surface area contributed by atoms with Gasteiger partial charge in [0.2, 0.25) is 65.0 Å². The zero-order valence-electron chi connectivity index (χ0n) is 56.0. The highest BCUT2D eigenvalue weighted by molar-refractivity contribution is 6.31. The van der Waals surface area contributed by atoms with Crippen LogP contribution < -0.4 is 21.3 Å². The summed E-state index contributed by atoms with van der Waals surface area (Å²) in [6.45, 7) is 6.69. The van der Waals surface area contributed by atoms with Gasteiger partial charge in [-0.3, -0.25) is 52.7 Å². The third kappa shape index (κ3) is 19.4. The van der Waals surface area contributed by atoms with Crippen LogP contribution >= 0.6 is 11.6 Å². The number of alkyl halides is 6. The number of hydrogen-bond acceptors (Lipinski definition) is 11. The lowest BCUT2D eigenvalue weighted by molar-refractivity contribution is -0.152. The van der Waals surface area contributed by atoms with E-state index in [0.29, 0.717) is 25.7 Å². The number of nitrogens with zero attached hydrogens (tertiary/aromatic N) is 7. The molecule has 2 heterocycles. The van der Waals surface area contributed by atoms with E-state index >= 15 is 4.79 Å². The SMILES string of the molecule is CC[C@H](C)[C@@H]1NC(=O)[C@H](CC(C)C)N(C)C(=O)C[C@@H](C)NC(=O)[C@H](C2CCCC2)N(C)C(=O)C2(CCC2)NC(=O)C2CCCN2C(=O)[C@H](CCc2ccc(C(F)(F)F)c(Cl)c2)NC(=O)CN(C)C(=O)[C@H](Cc2ccc(C(F)(F)F)cc2)N(C)C(=O)CN(C)C(=O)CN(C)C1=O. The van der Waals surface area contributed by atoms with Gasteiger partial charge >= 0.3 is 12.4 Å². The molecule has 4 fully saturated rings. The highest BCUT2D eigenvalue weighted by Gasteiger charge is 2.52. The Morgan fingerprint density at radius 2 is 1.22 bits per heavy atom. The molecule has 526 valence electrons. The van der Waals surface area contributed by atoms with Gasteiger partial charge in [0.05, 0.1) is 35.8 Å². The van der Waals surface area contributed by atoms with Crippen LogP contribution in [0.4, 0.5) is 26.3 Å². The lowest BCUT2D eigenvalue weighted by atomic mass is 9.74. The third-order valence-corrected chi connectivity index (χ3v) is 19.3. The molecular weight excluding hydrogens is 1270 g/mol. The summed E-state index contributed by atoms with van der Waals surface area (Å²) in [5.41, 5.74) is -3.24. The number of aryl methyl sites for hydroxylation is 1. The third-order valence-electron chi connectivity index (χ3n) is 19.0. The van der Waals surface area contributed by atoms with Gasteiger partial charge in [0.15, 0.2) is 0 Å². The maximum atomic E-state index is 15.0. The monoisotopic (exact) mass is 1360 g/mol. The molecule has 0 bridgehead atoms. The van der Waals surface area contributed by atoms with Crippen LogP contribution in [0.5, 0.6) is 0 Å². The minimum absolute atomic E-state index is 0.0130. The Hall–Kier alpha value is -7.52. The molecule has 4 aliphatic rings. The topological polar surface area (TPSA) is 259 Å². The first-order chi connectivity index (χ1) is 44.4. The summed E-state index contributed by atoms with van der Waals surface area (Å²) in [7, 11) is 7.91. The molecule has 1 unspecified atom stereocenters. The second kappa shape index (κ2) is 32.5. The molecule has 11 amide bonds. The standard InChI is InChI=1S/C66H92ClF6N11O11/c1-12-39(4)55-62(94)80(8)36-53(87)78(6)37-54(88)82(10)50(34-42-20-24-44(25-21-42)65(68,69)70)61(93)79(7)35-51(85)75-47(27-23-41-22-26-45(46(67)33-41)66(71,72)73)60(92)84-30-15-19-48(84)58(90)77-64(28-16-29-64)63(95)83(11)56(43-17-13-14-18-43)59(91)74-40(5)32-52(86)81(9)49(31-38(2)3)57(89)76-55/h20-22,24-26,33,38-40,43,47-50,55-56H,12-19,23,27-32,34-37H2,1-11H3,(H,74,91)(H,75,85)(H,76,89)(H,77,90)/t39-,40+,47-,48?,49-,50-,55-,56-/m0/s1. The first kappa shape index (κ1) is 76.5. The van der Waals surface area contributed by atoms with Gasteiger partial charge < -0.3 is 55.6 Å². The first-order valence-corrected chi connectivity index (χ1v) is 32.8. The molecule has 22 nitrogen and oxygen atoms in total. The molecule has 2 aliphatic carbocycles. The molecule has 0 radical (unpaired) electrons. The summed E-state index contributed by atoms with van der Waals surface area (Å²) in [4.78, 5) is 167. The number of benzene rings is 2. The van der Waals surface area contributed by atoms with Crippen molar-refractivity contribution < 1.29 is 79.1 Å². The molecule has 2 saturated carbocycles. The maximum absolute atomic E-state index is 15.0. The molecule has 29 heteroatoms. The second-order valence-corrected chi connectivity index (χ2v) is 27.1. The predicted molar refractivity (Wildman–Crippen MR) is 339 cm³/mol. The number of carbonyl (C=O) groups excluding carboxylic acids is 11. The van der Waals surface area contributed by atoms with Crippen LogP contribution in [0.1, 0.15) is 140 Å². The smallest absolute Gasteiger partial charge is 0.351 e. The van der Waals surface area contributed by atoms with Gasteiger partial charge in [0.1, 0.15) is 41.8 Å². The van der Waals surface area contributed by atoms with E-state index in [1.165, 1.54) is 57.0 Å². The van der Waals surface area contributed by atoms with Crippen LogP contribution in [0.25, 0.3) is 0 Å². The van der Waals surface area contributed by atoms with E-state index in [1.807, 2.05) is 13.8 Å². The predicted octanol–water partition coefficient (Wildman–Crippen LogP) is 5.60. The van der Waals surface area contributed by atoms with Crippen LogP contribution in [0.3, 0.4) is 0 Å². The van der Waals surface area contributed by atoms with Gasteiger partial charge in [0, 0.05) is 67.7 Å². The van der Waals surface area contributed by atoms with E-state index in [-0.39, 0.29) is 80.9 Å². The molecule has 2 aromatic carbocycles. The fourth-order valence-electron chi connectivity index (χ4n) is 12.9. The van der Waals surface area contributed by atoms with Crippen LogP contribution in [0, 0.1) is 17.8 Å². The van der Waals surface area contributed by atoms with Crippen LogP contribution in [-0.4, -0.2) is 216 Å². The molecule has 2 aromatic rings. The van der Waals surface area contributed by atoms with E-state index < -0.39 is 173 Å². The molecule has 95 heavy (non-hydrogen) atoms. The van der Waals surface area contributed by atoms with Crippen LogP contribution in [0.2, 0.25) is 5.02 Å². The first-order valence-electron chi connectivity index (χ1n) is 32.5. The largest absolute Gasteiger partial charge is 0.417 e. The average molecular weight is 1360 g/mol. The van der Waals surface area contributed by atoms with Crippen molar-refractivity contribution in [3.8, 4) is 0 Å². The van der Waals surface area contributed by atoms with Gasteiger partial charge in [0.25, 0.3) is 0 Å². The Kier molecular flexibility index (Phi) is 26.2. The number of halogens is 7. The van der Waals surface area contributed by atoms with Gasteiger partial charge in [-0.1, -0.05) is 76.8 Å². The highest BCUT2D eigenvalue weighted by atomic mass is 35.5. The van der Waals surface area contributed by atoms with Crippen molar-refractivity contribution in [3.63, 3.8) is 0 Å². The zero-order chi connectivity index (χ0) is 70.8. The number of fused-ring (bicyclic) bond motifs is 1. The minimum atomic E-state index is -4.80. The quantitative estimate of drug-likeness (QED) is 0.213. The number of carbonyl (C=O) groups is 11. The van der Waals surface area contributed by atoms with Crippen molar-refractivity contribution in [2.45, 2.75) is 191 Å². The molecule has 2 saturated heterocycles. The summed E-state index contributed by atoms with van der Waals surface area (Å²) in [5, 5.41) is 10.7. The number of rotatable bonds is 10. The second-order valence-electron chi connectivity index (χ2n) is 26.7. The Bertz CT molecular complexity index is 3140. The molecule has 4 N–H and O–H groups in total. The summed E-state index contributed by atoms with van der Waals surface area (Å²) < 4.78 is 82.5. The van der Waals surface area contributed by atoms with Crippen molar-refractivity contribution in [2.24, 2.45) is 17.8 Å². The van der Waals surface area contributed by atoms with Crippen molar-refractivity contribution in [1.29, 1.82) is 0 Å². The van der Waals surface area contributed by atoms with Crippen LogP contribution in [0.15, 0.2) is 42.5 Å². The Balaban J connectivity index is 1.38. The van der Waals surface area contributed by atoms with E-state index in [2.05, 4.69) is 21.3 Å². The highest BCUT2D eigenvalue weighted by Crippen LogP contribution is 2.39. The lowest BCUT2D eigenvalue weighted by Crippen LogP contribution is -2.68. The Labute approximate surface area is 556 Å². The van der Waals surface area contributed by atoms with Crippen molar-refractivity contribution in [1.82, 2.24) is 55.6 Å². The van der Waals surface area contributed by atoms with E-state index in [1.54, 1.807) is 20.8 Å². The Morgan fingerprint density at radius 3 is 1.79 bits per heavy atom. The average Bonchev–Trinajstić information content (AvgIpc) is 1.65. The maximum Gasteiger partial charge on any atom is 0.417 e. The fraction of sp³-hybridized carbons (Fsp3) is 0.652. The number of likely N-dealkylation sites (N-methyl/N-ethyl adjacent to an activating group) is 6. The van der Waals surface area contributed by atoms with Crippen LogP contribution in [-0.2, 0) is 77.9 Å². The van der Waals surface area contributed by atoms with E-state index in [4.69, 9.17) is 11.6 Å². The summed E-state index contributed by atoms with van der Waals surface area (Å²) >= 11 is 6.08. The normalized spacial score (nSPS) is 25.4. The van der Waals surface area contributed by atoms with Gasteiger partial charge in [-0.25, -0.2) is 0 Å². The van der Waals surface area contributed by atoms with Crippen molar-refractivity contribution in [3.05, 3.63) is 69.7 Å². The zero-order valence-corrected chi connectivity index (χ0v) is 56.8. The lowest BCUT2D eigenvalue weighted by Gasteiger charge is -2.46.